The number of hydrogen-bond donors (Lipinski definition) is 1. The van der Waals surface area contributed by atoms with E-state index in [0.29, 0.717) is 0 Å². The van der Waals surface area contributed by atoms with Crippen LogP contribution >= 0.6 is 0 Å². The predicted octanol–water partition coefficient (Wildman–Crippen LogP) is 2.77. The highest BCUT2D eigenvalue weighted by atomic mass is 32.2. The van der Waals surface area contributed by atoms with Crippen LogP contribution in [0.3, 0.4) is 0 Å². The van der Waals surface area contributed by atoms with Crippen LogP contribution in [-0.4, -0.2) is 62.8 Å². The van der Waals surface area contributed by atoms with Crippen molar-refractivity contribution in [3.8, 4) is 0 Å². The molecule has 0 saturated carbocycles. The predicted molar refractivity (Wildman–Crippen MR) is 115 cm³/mol. The summed E-state index contributed by atoms with van der Waals surface area (Å²) in [5.74, 6) is -0.948. The molecular formula is C22H22F3N3O4S. The Morgan fingerprint density at radius 1 is 0.939 bits per heavy atom. The summed E-state index contributed by atoms with van der Waals surface area (Å²) >= 11 is 0. The third kappa shape index (κ3) is 5.79. The summed E-state index contributed by atoms with van der Waals surface area (Å²) in [4.78, 5) is 28.3. The molecular weight excluding hydrogens is 459 g/mol. The maximum atomic E-state index is 12.9. The molecule has 1 aliphatic rings. The molecule has 0 bridgehead atoms. The lowest BCUT2D eigenvalue weighted by atomic mass is 10.1. The van der Waals surface area contributed by atoms with Gasteiger partial charge in [-0.2, -0.15) is 13.2 Å². The van der Waals surface area contributed by atoms with Crippen LogP contribution in [0.4, 0.5) is 13.2 Å². The summed E-state index contributed by atoms with van der Waals surface area (Å²) in [6.45, 7) is 4.10. The van der Waals surface area contributed by atoms with E-state index in [1.165, 1.54) is 52.3 Å². The monoisotopic (exact) mass is 481 g/mol. The third-order valence-electron chi connectivity index (χ3n) is 5.10. The van der Waals surface area contributed by atoms with E-state index in [-0.39, 0.29) is 48.7 Å². The number of nitrogens with zero attached hydrogens (tertiary/aromatic N) is 2. The second-order valence-electron chi connectivity index (χ2n) is 7.33. The molecule has 0 atom stereocenters. The molecule has 1 aliphatic heterocycles. The Hall–Kier alpha value is -3.18. The minimum atomic E-state index is -4.55. The minimum Gasteiger partial charge on any atom is -0.335 e. The van der Waals surface area contributed by atoms with Gasteiger partial charge in [-0.3, -0.25) is 9.59 Å². The fourth-order valence-electron chi connectivity index (χ4n) is 3.35. The zero-order chi connectivity index (χ0) is 24.2. The van der Waals surface area contributed by atoms with Gasteiger partial charge >= 0.3 is 6.18 Å². The van der Waals surface area contributed by atoms with Crippen molar-refractivity contribution < 1.29 is 31.2 Å². The van der Waals surface area contributed by atoms with E-state index in [0.717, 1.165) is 12.1 Å². The number of rotatable bonds is 6. The molecule has 0 aromatic heterocycles. The summed E-state index contributed by atoms with van der Waals surface area (Å²) in [6, 6.07) is 9.81. The van der Waals surface area contributed by atoms with E-state index >= 15 is 0 Å². The molecule has 0 spiro atoms. The molecule has 3 rings (SSSR count). The average Bonchev–Trinajstić information content (AvgIpc) is 2.81. The topological polar surface area (TPSA) is 86.8 Å². The summed E-state index contributed by atoms with van der Waals surface area (Å²) in [6.07, 6.45) is -3.16. The smallest absolute Gasteiger partial charge is 0.335 e. The Morgan fingerprint density at radius 3 is 1.97 bits per heavy atom. The molecule has 0 unspecified atom stereocenters. The minimum absolute atomic E-state index is 0.0440. The third-order valence-corrected chi connectivity index (χ3v) is 6.52. The van der Waals surface area contributed by atoms with Gasteiger partial charge in [0, 0.05) is 43.9 Å². The highest BCUT2D eigenvalue weighted by molar-refractivity contribution is 7.89. The Bertz CT molecular complexity index is 1160. The lowest BCUT2D eigenvalue weighted by molar-refractivity contribution is -0.137. The van der Waals surface area contributed by atoms with Gasteiger partial charge in [-0.1, -0.05) is 18.2 Å². The maximum absolute atomic E-state index is 12.9. The van der Waals surface area contributed by atoms with Gasteiger partial charge in [0.1, 0.15) is 0 Å². The Labute approximate surface area is 189 Å². The molecule has 2 aromatic rings. The van der Waals surface area contributed by atoms with Crippen LogP contribution in [0.2, 0.25) is 0 Å². The van der Waals surface area contributed by atoms with Crippen molar-refractivity contribution in [2.24, 2.45) is 0 Å². The molecule has 1 N–H and O–H groups in total. The van der Waals surface area contributed by atoms with Gasteiger partial charge in [0.15, 0.2) is 0 Å². The zero-order valence-corrected chi connectivity index (χ0v) is 18.3. The van der Waals surface area contributed by atoms with E-state index in [4.69, 9.17) is 0 Å². The number of sulfonamides is 1. The van der Waals surface area contributed by atoms with Crippen LogP contribution in [0.25, 0.3) is 0 Å². The molecule has 0 radical (unpaired) electrons. The highest BCUT2D eigenvalue weighted by Gasteiger charge is 2.32. The SMILES string of the molecule is C=CCNS(=O)(=O)c1cccc(C(=O)N2CCN(C(=O)c3cccc(C(F)(F)F)c3)CC2)c1. The number of benzene rings is 2. The number of piperazine rings is 1. The van der Waals surface area contributed by atoms with Crippen LogP contribution in [-0.2, 0) is 16.2 Å². The van der Waals surface area contributed by atoms with Gasteiger partial charge in [0.2, 0.25) is 10.0 Å². The molecule has 1 saturated heterocycles. The molecule has 33 heavy (non-hydrogen) atoms. The Kier molecular flexibility index (Phi) is 7.23. The average molecular weight is 481 g/mol. The summed E-state index contributed by atoms with van der Waals surface area (Å²) in [7, 11) is -3.80. The van der Waals surface area contributed by atoms with Gasteiger partial charge in [-0.25, -0.2) is 13.1 Å². The van der Waals surface area contributed by atoms with Crippen molar-refractivity contribution in [3.05, 3.63) is 77.9 Å². The number of amides is 2. The van der Waals surface area contributed by atoms with Crippen LogP contribution in [0, 0.1) is 0 Å². The van der Waals surface area contributed by atoms with Gasteiger partial charge < -0.3 is 9.80 Å². The van der Waals surface area contributed by atoms with Gasteiger partial charge in [0.25, 0.3) is 11.8 Å². The van der Waals surface area contributed by atoms with E-state index in [2.05, 4.69) is 11.3 Å². The normalized spacial score (nSPS) is 14.8. The molecule has 1 heterocycles. The zero-order valence-electron chi connectivity index (χ0n) is 17.5. The van der Waals surface area contributed by atoms with Crippen molar-refractivity contribution in [2.45, 2.75) is 11.1 Å². The van der Waals surface area contributed by atoms with Gasteiger partial charge in [-0.05, 0) is 36.4 Å². The molecule has 176 valence electrons. The molecule has 2 aromatic carbocycles. The van der Waals surface area contributed by atoms with Crippen molar-refractivity contribution in [2.75, 3.05) is 32.7 Å². The van der Waals surface area contributed by atoms with E-state index in [9.17, 15) is 31.2 Å². The lowest BCUT2D eigenvalue weighted by Crippen LogP contribution is -2.50. The first kappa shape index (κ1) is 24.5. The first-order chi connectivity index (χ1) is 15.5. The second kappa shape index (κ2) is 9.75. The summed E-state index contributed by atoms with van der Waals surface area (Å²) < 4.78 is 65.7. The van der Waals surface area contributed by atoms with E-state index in [1.807, 2.05) is 0 Å². The molecule has 1 fully saturated rings. The Balaban J connectivity index is 1.67. The van der Waals surface area contributed by atoms with Crippen LogP contribution in [0.5, 0.6) is 0 Å². The van der Waals surface area contributed by atoms with Gasteiger partial charge in [-0.15, -0.1) is 6.58 Å². The molecule has 11 heteroatoms. The molecule has 7 nitrogen and oxygen atoms in total. The largest absolute Gasteiger partial charge is 0.416 e. The number of nitrogens with one attached hydrogen (secondary N) is 1. The molecule has 2 amide bonds. The van der Waals surface area contributed by atoms with Crippen molar-refractivity contribution in [3.63, 3.8) is 0 Å². The Morgan fingerprint density at radius 2 is 1.45 bits per heavy atom. The van der Waals surface area contributed by atoms with E-state index in [1.54, 1.807) is 0 Å². The first-order valence-electron chi connectivity index (χ1n) is 9.99. The number of hydrogen-bond acceptors (Lipinski definition) is 4. The number of carbonyl (C=O) groups excluding carboxylic acids is 2. The highest BCUT2D eigenvalue weighted by Crippen LogP contribution is 2.29. The molecule has 0 aliphatic carbocycles. The number of halogens is 3. The van der Waals surface area contributed by atoms with Crippen LogP contribution < -0.4 is 4.72 Å². The number of carbonyl (C=O) groups is 2. The summed E-state index contributed by atoms with van der Waals surface area (Å²) in [5, 5.41) is 0. The number of alkyl halides is 3. The maximum Gasteiger partial charge on any atom is 0.416 e. The van der Waals surface area contributed by atoms with Gasteiger partial charge in [0.05, 0.1) is 10.5 Å². The van der Waals surface area contributed by atoms with E-state index < -0.39 is 33.6 Å². The summed E-state index contributed by atoms with van der Waals surface area (Å²) in [5.41, 5.74) is -0.803. The van der Waals surface area contributed by atoms with Crippen molar-refractivity contribution in [1.82, 2.24) is 14.5 Å². The lowest BCUT2D eigenvalue weighted by Gasteiger charge is -2.35. The quantitative estimate of drug-likeness (QED) is 0.643. The second-order valence-corrected chi connectivity index (χ2v) is 9.10. The van der Waals surface area contributed by atoms with Crippen LogP contribution in [0.1, 0.15) is 26.3 Å². The first-order valence-corrected chi connectivity index (χ1v) is 11.5. The van der Waals surface area contributed by atoms with Crippen LogP contribution in [0.15, 0.2) is 66.1 Å². The van der Waals surface area contributed by atoms with Crippen molar-refractivity contribution >= 4 is 21.8 Å². The van der Waals surface area contributed by atoms with Crippen molar-refractivity contribution in [1.29, 1.82) is 0 Å². The standard InChI is InChI=1S/C22H22F3N3O4S/c1-2-9-26-33(31,32)19-8-4-6-17(15-19)21(30)28-12-10-27(11-13-28)20(29)16-5-3-7-18(14-16)22(23,24)25/h2-8,14-15,26H,1,9-13H2. The fourth-order valence-corrected chi connectivity index (χ4v) is 4.40. The fraction of sp³-hybridized carbons (Fsp3) is 0.273.